The predicted octanol–water partition coefficient (Wildman–Crippen LogP) is 5.07. The second-order valence-electron chi connectivity index (χ2n) is 3.82. The van der Waals surface area contributed by atoms with Gasteiger partial charge in [-0.15, -0.1) is 0 Å². The standard InChI is InChI=1S/C13H8BrClFNO3/c14-7-9-11(16)2-1-3-13(9)20-8-4-5-12(17(18)19)10(15)6-8/h1-6H,7H2. The molecule has 7 heteroatoms. The van der Waals surface area contributed by atoms with Crippen molar-refractivity contribution in [3.8, 4) is 11.5 Å². The third-order valence-electron chi connectivity index (χ3n) is 2.55. The van der Waals surface area contributed by atoms with Crippen LogP contribution in [0, 0.1) is 15.9 Å². The fourth-order valence-corrected chi connectivity index (χ4v) is 2.37. The Kier molecular flexibility index (Phi) is 4.57. The molecule has 0 N–H and O–H groups in total. The summed E-state index contributed by atoms with van der Waals surface area (Å²) in [4.78, 5) is 10.1. The fourth-order valence-electron chi connectivity index (χ4n) is 1.59. The molecule has 0 amide bonds. The molecule has 0 aliphatic rings. The largest absolute Gasteiger partial charge is 0.457 e. The van der Waals surface area contributed by atoms with E-state index in [4.69, 9.17) is 16.3 Å². The lowest BCUT2D eigenvalue weighted by molar-refractivity contribution is -0.384. The van der Waals surface area contributed by atoms with Crippen LogP contribution in [-0.4, -0.2) is 4.92 Å². The van der Waals surface area contributed by atoms with Gasteiger partial charge in [-0.2, -0.15) is 0 Å². The zero-order chi connectivity index (χ0) is 14.7. The summed E-state index contributed by atoms with van der Waals surface area (Å²) in [6.07, 6.45) is 0. The third kappa shape index (κ3) is 3.08. The molecule has 20 heavy (non-hydrogen) atoms. The van der Waals surface area contributed by atoms with Gasteiger partial charge < -0.3 is 4.74 Å². The number of nitrogens with zero attached hydrogens (tertiary/aromatic N) is 1. The Morgan fingerprint density at radius 1 is 1.35 bits per heavy atom. The number of benzene rings is 2. The number of nitro benzene ring substituents is 1. The van der Waals surface area contributed by atoms with Crippen molar-refractivity contribution in [3.63, 3.8) is 0 Å². The molecule has 0 aliphatic heterocycles. The van der Waals surface area contributed by atoms with Crippen molar-refractivity contribution in [1.29, 1.82) is 0 Å². The molecule has 0 saturated heterocycles. The Morgan fingerprint density at radius 3 is 2.70 bits per heavy atom. The van der Waals surface area contributed by atoms with Crippen LogP contribution >= 0.6 is 27.5 Å². The highest BCUT2D eigenvalue weighted by Gasteiger charge is 2.14. The second-order valence-corrected chi connectivity index (χ2v) is 4.79. The molecule has 0 unspecified atom stereocenters. The number of hydrogen-bond acceptors (Lipinski definition) is 3. The topological polar surface area (TPSA) is 52.4 Å². The number of ether oxygens (including phenoxy) is 1. The maximum absolute atomic E-state index is 13.6. The Morgan fingerprint density at radius 2 is 2.10 bits per heavy atom. The molecule has 0 bridgehead atoms. The van der Waals surface area contributed by atoms with Gasteiger partial charge in [-0.25, -0.2) is 4.39 Å². The van der Waals surface area contributed by atoms with E-state index in [2.05, 4.69) is 15.9 Å². The van der Waals surface area contributed by atoms with Gasteiger partial charge in [0.05, 0.1) is 4.92 Å². The molecule has 2 rings (SSSR count). The van der Waals surface area contributed by atoms with Gasteiger partial charge in [-0.3, -0.25) is 10.1 Å². The van der Waals surface area contributed by atoms with Gasteiger partial charge in [0.15, 0.2) is 0 Å². The lowest BCUT2D eigenvalue weighted by Gasteiger charge is -2.10. The van der Waals surface area contributed by atoms with Crippen LogP contribution in [0.25, 0.3) is 0 Å². The summed E-state index contributed by atoms with van der Waals surface area (Å²) in [5, 5.41) is 10.9. The van der Waals surface area contributed by atoms with Gasteiger partial charge in [0.1, 0.15) is 22.3 Å². The fraction of sp³-hybridized carbons (Fsp3) is 0.0769. The van der Waals surface area contributed by atoms with Crippen LogP contribution in [0.4, 0.5) is 10.1 Å². The molecule has 0 saturated carbocycles. The number of nitro groups is 1. The van der Waals surface area contributed by atoms with Gasteiger partial charge in [0.25, 0.3) is 5.69 Å². The van der Waals surface area contributed by atoms with E-state index in [0.717, 1.165) is 0 Å². The van der Waals surface area contributed by atoms with E-state index in [9.17, 15) is 14.5 Å². The lowest BCUT2D eigenvalue weighted by Crippen LogP contribution is -1.94. The van der Waals surface area contributed by atoms with E-state index >= 15 is 0 Å². The SMILES string of the molecule is O=[N+]([O-])c1ccc(Oc2cccc(F)c2CBr)cc1Cl. The lowest BCUT2D eigenvalue weighted by atomic mass is 10.2. The van der Waals surface area contributed by atoms with Crippen LogP contribution in [0.3, 0.4) is 0 Å². The summed E-state index contributed by atoms with van der Waals surface area (Å²) in [5.74, 6) is 0.229. The first-order valence-corrected chi connectivity index (χ1v) is 6.98. The van der Waals surface area contributed by atoms with Crippen LogP contribution in [0.5, 0.6) is 11.5 Å². The average Bonchev–Trinajstić information content (AvgIpc) is 2.38. The monoisotopic (exact) mass is 359 g/mol. The predicted molar refractivity (Wildman–Crippen MR) is 77.2 cm³/mol. The summed E-state index contributed by atoms with van der Waals surface area (Å²) < 4.78 is 19.1. The summed E-state index contributed by atoms with van der Waals surface area (Å²) in [6, 6.07) is 8.42. The first kappa shape index (κ1) is 14.7. The summed E-state index contributed by atoms with van der Waals surface area (Å²) in [7, 11) is 0. The van der Waals surface area contributed by atoms with Gasteiger partial charge in [0.2, 0.25) is 0 Å². The maximum atomic E-state index is 13.6. The summed E-state index contributed by atoms with van der Waals surface area (Å²) >= 11 is 8.97. The minimum atomic E-state index is -0.585. The number of halogens is 3. The minimum Gasteiger partial charge on any atom is -0.457 e. The normalized spacial score (nSPS) is 10.3. The molecule has 0 spiro atoms. The number of alkyl halides is 1. The Labute approximate surface area is 127 Å². The molecule has 0 aromatic heterocycles. The van der Waals surface area contributed by atoms with Gasteiger partial charge in [-0.1, -0.05) is 33.6 Å². The van der Waals surface area contributed by atoms with Crippen molar-refractivity contribution in [2.45, 2.75) is 5.33 Å². The molecular formula is C13H8BrClFNO3. The first-order valence-electron chi connectivity index (χ1n) is 5.48. The molecule has 0 heterocycles. The Hall–Kier alpha value is -1.66. The van der Waals surface area contributed by atoms with Gasteiger partial charge in [-0.05, 0) is 18.2 Å². The molecule has 0 fully saturated rings. The van der Waals surface area contributed by atoms with E-state index in [-0.39, 0.29) is 16.0 Å². The molecule has 0 atom stereocenters. The zero-order valence-electron chi connectivity index (χ0n) is 9.98. The van der Waals surface area contributed by atoms with E-state index < -0.39 is 10.7 Å². The second kappa shape index (κ2) is 6.19. The molecule has 104 valence electrons. The summed E-state index contributed by atoms with van der Waals surface area (Å²) in [6.45, 7) is 0. The van der Waals surface area contributed by atoms with Crippen molar-refractivity contribution >= 4 is 33.2 Å². The molecule has 2 aromatic carbocycles. The average molecular weight is 361 g/mol. The highest BCUT2D eigenvalue weighted by Crippen LogP contribution is 2.33. The molecular weight excluding hydrogens is 353 g/mol. The molecule has 0 aliphatic carbocycles. The highest BCUT2D eigenvalue weighted by molar-refractivity contribution is 9.08. The van der Waals surface area contributed by atoms with Crippen molar-refractivity contribution in [3.05, 3.63) is 62.9 Å². The maximum Gasteiger partial charge on any atom is 0.288 e. The molecule has 4 nitrogen and oxygen atoms in total. The first-order chi connectivity index (χ1) is 9.52. The van der Waals surface area contributed by atoms with E-state index in [1.165, 1.54) is 30.3 Å². The number of hydrogen-bond donors (Lipinski definition) is 0. The van der Waals surface area contributed by atoms with Gasteiger partial charge >= 0.3 is 0 Å². The third-order valence-corrected chi connectivity index (χ3v) is 3.42. The van der Waals surface area contributed by atoms with Crippen LogP contribution in [-0.2, 0) is 5.33 Å². The van der Waals surface area contributed by atoms with E-state index in [1.54, 1.807) is 6.07 Å². The van der Waals surface area contributed by atoms with Crippen LogP contribution in [0.1, 0.15) is 5.56 Å². The number of rotatable bonds is 4. The quantitative estimate of drug-likeness (QED) is 0.434. The van der Waals surface area contributed by atoms with Crippen LogP contribution < -0.4 is 4.74 Å². The molecule has 0 radical (unpaired) electrons. The molecule has 2 aromatic rings. The Balaban J connectivity index is 2.34. The summed E-state index contributed by atoms with van der Waals surface area (Å²) in [5.41, 5.74) is 0.154. The van der Waals surface area contributed by atoms with Crippen molar-refractivity contribution < 1.29 is 14.1 Å². The van der Waals surface area contributed by atoms with Crippen molar-refractivity contribution in [1.82, 2.24) is 0 Å². The van der Waals surface area contributed by atoms with Crippen LogP contribution in [0.15, 0.2) is 36.4 Å². The highest BCUT2D eigenvalue weighted by atomic mass is 79.9. The smallest absolute Gasteiger partial charge is 0.288 e. The van der Waals surface area contributed by atoms with Crippen LogP contribution in [0.2, 0.25) is 5.02 Å². The van der Waals surface area contributed by atoms with E-state index in [0.29, 0.717) is 17.1 Å². The van der Waals surface area contributed by atoms with Gasteiger partial charge in [0, 0.05) is 23.0 Å². The van der Waals surface area contributed by atoms with Crippen molar-refractivity contribution in [2.75, 3.05) is 0 Å². The van der Waals surface area contributed by atoms with Crippen molar-refractivity contribution in [2.24, 2.45) is 0 Å². The Bertz CT molecular complexity index is 666. The van der Waals surface area contributed by atoms with E-state index in [1.807, 2.05) is 0 Å². The zero-order valence-corrected chi connectivity index (χ0v) is 12.3. The minimum absolute atomic E-state index is 0.0377.